The minimum absolute atomic E-state index is 0.227. The van der Waals surface area contributed by atoms with Crippen LogP contribution in [0.4, 0.5) is 5.13 Å². The van der Waals surface area contributed by atoms with Crippen LogP contribution in [-0.4, -0.2) is 17.5 Å². The fourth-order valence-electron chi connectivity index (χ4n) is 3.04. The molecule has 0 saturated heterocycles. The SMILES string of the molecule is CCOc1cccc2cc(C(=O)Nc3nc(-c4cc(C)ccc4C)cs3)oc12. The topological polar surface area (TPSA) is 64.4 Å². The van der Waals surface area contributed by atoms with Crippen LogP contribution in [0.25, 0.3) is 22.2 Å². The second-order valence-corrected chi connectivity index (χ2v) is 7.39. The molecule has 1 amide bonds. The number of carbonyl (C=O) groups is 1. The highest BCUT2D eigenvalue weighted by Gasteiger charge is 2.17. The summed E-state index contributed by atoms with van der Waals surface area (Å²) in [6.07, 6.45) is 0. The summed E-state index contributed by atoms with van der Waals surface area (Å²) in [7, 11) is 0. The highest BCUT2D eigenvalue weighted by atomic mass is 32.1. The molecular weight excluding hydrogens is 372 g/mol. The molecule has 6 heteroatoms. The zero-order valence-corrected chi connectivity index (χ0v) is 16.7. The smallest absolute Gasteiger partial charge is 0.293 e. The van der Waals surface area contributed by atoms with Gasteiger partial charge in [0.25, 0.3) is 5.91 Å². The number of benzene rings is 2. The Morgan fingerprint density at radius 2 is 2.07 bits per heavy atom. The molecule has 0 fully saturated rings. The Balaban J connectivity index is 1.58. The van der Waals surface area contributed by atoms with Gasteiger partial charge in [-0.1, -0.05) is 29.8 Å². The predicted molar refractivity (Wildman–Crippen MR) is 112 cm³/mol. The fraction of sp³-hybridized carbons (Fsp3) is 0.182. The van der Waals surface area contributed by atoms with Gasteiger partial charge in [0.1, 0.15) is 0 Å². The van der Waals surface area contributed by atoms with Gasteiger partial charge in [-0.05, 0) is 44.5 Å². The number of aromatic nitrogens is 1. The van der Waals surface area contributed by atoms with Crippen molar-refractivity contribution in [2.24, 2.45) is 0 Å². The number of fused-ring (bicyclic) bond motifs is 1. The largest absolute Gasteiger partial charge is 0.490 e. The van der Waals surface area contributed by atoms with Gasteiger partial charge in [0, 0.05) is 16.3 Å². The Labute approximate surface area is 167 Å². The number of furan rings is 1. The third kappa shape index (κ3) is 3.51. The van der Waals surface area contributed by atoms with Crippen LogP contribution < -0.4 is 10.1 Å². The third-order valence-electron chi connectivity index (χ3n) is 4.43. The van der Waals surface area contributed by atoms with Crippen LogP contribution in [0.15, 0.2) is 52.3 Å². The van der Waals surface area contributed by atoms with E-state index in [0.717, 1.165) is 22.2 Å². The summed E-state index contributed by atoms with van der Waals surface area (Å²) in [5.74, 6) is 0.525. The molecule has 0 aliphatic heterocycles. The van der Waals surface area contributed by atoms with Crippen molar-refractivity contribution < 1.29 is 13.9 Å². The molecule has 0 atom stereocenters. The summed E-state index contributed by atoms with van der Waals surface area (Å²) in [6.45, 7) is 6.54. The minimum atomic E-state index is -0.333. The summed E-state index contributed by atoms with van der Waals surface area (Å²) in [5, 5.41) is 6.14. The van der Waals surface area contributed by atoms with Crippen molar-refractivity contribution in [2.45, 2.75) is 20.8 Å². The van der Waals surface area contributed by atoms with Crippen molar-refractivity contribution in [3.8, 4) is 17.0 Å². The molecule has 0 aliphatic rings. The lowest BCUT2D eigenvalue weighted by molar-refractivity contribution is 0.0998. The summed E-state index contributed by atoms with van der Waals surface area (Å²) in [4.78, 5) is 17.2. The van der Waals surface area contributed by atoms with Gasteiger partial charge in [-0.25, -0.2) is 4.98 Å². The molecule has 4 rings (SSSR count). The molecule has 2 aromatic heterocycles. The first-order valence-corrected chi connectivity index (χ1v) is 9.93. The Morgan fingerprint density at radius 3 is 2.89 bits per heavy atom. The molecule has 0 radical (unpaired) electrons. The molecule has 2 heterocycles. The van der Waals surface area contributed by atoms with Gasteiger partial charge in [0.15, 0.2) is 22.2 Å². The molecule has 142 valence electrons. The number of rotatable bonds is 5. The Kier molecular flexibility index (Phi) is 4.88. The molecule has 0 saturated carbocycles. The number of anilines is 1. The third-order valence-corrected chi connectivity index (χ3v) is 5.18. The first-order chi connectivity index (χ1) is 13.5. The number of carbonyl (C=O) groups excluding carboxylic acids is 1. The maximum atomic E-state index is 12.6. The summed E-state index contributed by atoms with van der Waals surface area (Å²) in [5.41, 5.74) is 4.82. The van der Waals surface area contributed by atoms with Crippen molar-refractivity contribution in [3.05, 3.63) is 64.7 Å². The molecular formula is C22H20N2O3S. The van der Waals surface area contributed by atoms with Crippen molar-refractivity contribution in [1.82, 2.24) is 4.98 Å². The minimum Gasteiger partial charge on any atom is -0.490 e. The summed E-state index contributed by atoms with van der Waals surface area (Å²) < 4.78 is 11.3. The predicted octanol–water partition coefficient (Wildman–Crippen LogP) is 5.82. The number of para-hydroxylation sites is 1. The van der Waals surface area contributed by atoms with Crippen molar-refractivity contribution >= 4 is 33.3 Å². The van der Waals surface area contributed by atoms with Crippen molar-refractivity contribution in [1.29, 1.82) is 0 Å². The Bertz CT molecular complexity index is 1160. The van der Waals surface area contributed by atoms with Gasteiger partial charge in [-0.15, -0.1) is 11.3 Å². The number of thiazole rings is 1. The van der Waals surface area contributed by atoms with E-state index in [1.54, 1.807) is 6.07 Å². The van der Waals surface area contributed by atoms with Gasteiger partial charge in [0.05, 0.1) is 12.3 Å². The number of hydrogen-bond acceptors (Lipinski definition) is 5. The van der Waals surface area contributed by atoms with Crippen LogP contribution in [-0.2, 0) is 0 Å². The van der Waals surface area contributed by atoms with Crippen molar-refractivity contribution in [2.75, 3.05) is 11.9 Å². The molecule has 4 aromatic rings. The maximum Gasteiger partial charge on any atom is 0.293 e. The van der Waals surface area contributed by atoms with E-state index in [2.05, 4.69) is 42.3 Å². The lowest BCUT2D eigenvalue weighted by Gasteiger charge is -2.04. The highest BCUT2D eigenvalue weighted by Crippen LogP contribution is 2.31. The van der Waals surface area contributed by atoms with E-state index < -0.39 is 0 Å². The molecule has 0 bridgehead atoms. The van der Waals surface area contributed by atoms with Crippen LogP contribution in [0.3, 0.4) is 0 Å². The average Bonchev–Trinajstić information content (AvgIpc) is 3.31. The molecule has 0 spiro atoms. The summed E-state index contributed by atoms with van der Waals surface area (Å²) >= 11 is 1.39. The maximum absolute atomic E-state index is 12.6. The number of ether oxygens (including phenoxy) is 1. The van der Waals surface area contributed by atoms with Gasteiger partial charge in [0.2, 0.25) is 0 Å². The Hall–Kier alpha value is -3.12. The molecule has 0 unspecified atom stereocenters. The standard InChI is InChI=1S/C22H20N2O3S/c1-4-26-18-7-5-6-15-11-19(27-20(15)18)21(25)24-22-23-17(12-28-22)16-10-13(2)8-9-14(16)3/h5-12H,4H2,1-3H3,(H,23,24,25). The van der Waals surface area contributed by atoms with Crippen LogP contribution in [0.1, 0.15) is 28.6 Å². The molecule has 5 nitrogen and oxygen atoms in total. The quantitative estimate of drug-likeness (QED) is 0.464. The Morgan fingerprint density at radius 1 is 1.21 bits per heavy atom. The zero-order chi connectivity index (χ0) is 19.7. The normalized spacial score (nSPS) is 11.0. The first-order valence-electron chi connectivity index (χ1n) is 9.05. The van der Waals surface area contributed by atoms with E-state index in [4.69, 9.17) is 9.15 Å². The fourth-order valence-corrected chi connectivity index (χ4v) is 3.75. The van der Waals surface area contributed by atoms with Crippen LogP contribution >= 0.6 is 11.3 Å². The lowest BCUT2D eigenvalue weighted by atomic mass is 10.0. The highest BCUT2D eigenvalue weighted by molar-refractivity contribution is 7.14. The van der Waals surface area contributed by atoms with Gasteiger partial charge in [-0.2, -0.15) is 0 Å². The van der Waals surface area contributed by atoms with Crippen molar-refractivity contribution in [3.63, 3.8) is 0 Å². The van der Waals surface area contributed by atoms with Gasteiger partial charge < -0.3 is 9.15 Å². The van der Waals surface area contributed by atoms with Crippen LogP contribution in [0, 0.1) is 13.8 Å². The number of aryl methyl sites for hydroxylation is 2. The van der Waals surface area contributed by atoms with E-state index >= 15 is 0 Å². The second-order valence-electron chi connectivity index (χ2n) is 6.53. The molecule has 28 heavy (non-hydrogen) atoms. The first kappa shape index (κ1) is 18.3. The molecule has 1 N–H and O–H groups in total. The van der Waals surface area contributed by atoms with E-state index in [9.17, 15) is 4.79 Å². The van der Waals surface area contributed by atoms with Crippen LogP contribution in [0.2, 0.25) is 0 Å². The zero-order valence-electron chi connectivity index (χ0n) is 15.9. The lowest BCUT2D eigenvalue weighted by Crippen LogP contribution is -2.10. The molecule has 2 aromatic carbocycles. The number of nitrogens with one attached hydrogen (secondary N) is 1. The second kappa shape index (κ2) is 7.48. The van der Waals surface area contributed by atoms with E-state index in [-0.39, 0.29) is 11.7 Å². The van der Waals surface area contributed by atoms with E-state index in [0.29, 0.717) is 23.1 Å². The van der Waals surface area contributed by atoms with E-state index in [1.165, 1.54) is 16.9 Å². The van der Waals surface area contributed by atoms with E-state index in [1.807, 2.05) is 30.5 Å². The average molecular weight is 392 g/mol. The number of nitrogens with zero attached hydrogens (tertiary/aromatic N) is 1. The van der Waals surface area contributed by atoms with Crippen LogP contribution in [0.5, 0.6) is 5.75 Å². The number of hydrogen-bond donors (Lipinski definition) is 1. The summed E-state index contributed by atoms with van der Waals surface area (Å²) in [6, 6.07) is 13.6. The van der Waals surface area contributed by atoms with Gasteiger partial charge in [-0.3, -0.25) is 10.1 Å². The number of amides is 1. The molecule has 0 aliphatic carbocycles. The van der Waals surface area contributed by atoms with Gasteiger partial charge >= 0.3 is 0 Å². The monoisotopic (exact) mass is 392 g/mol.